The Morgan fingerprint density at radius 2 is 1.78 bits per heavy atom. The zero-order valence-electron chi connectivity index (χ0n) is 12.7. The van der Waals surface area contributed by atoms with E-state index in [1.807, 2.05) is 25.4 Å². The second-order valence-corrected chi connectivity index (χ2v) is 5.29. The van der Waals surface area contributed by atoms with E-state index in [2.05, 4.69) is 5.32 Å². The van der Waals surface area contributed by atoms with Crippen LogP contribution in [-0.2, 0) is 16.6 Å². The molecule has 2 heterocycles. The first kappa shape index (κ1) is 14.8. The summed E-state index contributed by atoms with van der Waals surface area (Å²) in [6.45, 7) is 1.80. The number of para-hydroxylation sites is 1. The van der Waals surface area contributed by atoms with E-state index in [1.165, 1.54) is 6.08 Å². The first-order valence-corrected chi connectivity index (χ1v) is 7.07. The van der Waals surface area contributed by atoms with Gasteiger partial charge in [0.05, 0.1) is 5.69 Å². The molecule has 0 bridgehead atoms. The number of nitrogens with zero attached hydrogens (tertiary/aromatic N) is 2. The quantitative estimate of drug-likeness (QED) is 0.681. The highest BCUT2D eigenvalue weighted by molar-refractivity contribution is 6.39. The fourth-order valence-corrected chi connectivity index (χ4v) is 2.46. The van der Waals surface area contributed by atoms with Crippen LogP contribution in [0.2, 0.25) is 0 Å². The maximum Gasteiger partial charge on any atom is 0.335 e. The Labute approximate surface area is 133 Å². The number of aryl methyl sites for hydroxylation is 2. The molecule has 0 atom stereocenters. The van der Waals surface area contributed by atoms with Crippen molar-refractivity contribution in [2.75, 3.05) is 4.90 Å². The van der Waals surface area contributed by atoms with Gasteiger partial charge in [0.2, 0.25) is 0 Å². The van der Waals surface area contributed by atoms with E-state index < -0.39 is 17.8 Å². The molecule has 0 radical (unpaired) electrons. The average Bonchev–Trinajstić information content (AvgIpc) is 2.90. The van der Waals surface area contributed by atoms with Crippen LogP contribution in [0, 0.1) is 6.92 Å². The van der Waals surface area contributed by atoms with E-state index in [-0.39, 0.29) is 5.57 Å². The summed E-state index contributed by atoms with van der Waals surface area (Å²) in [5.74, 6) is -1.32. The third-order valence-electron chi connectivity index (χ3n) is 3.73. The summed E-state index contributed by atoms with van der Waals surface area (Å²) in [5, 5.41) is 2.22. The van der Waals surface area contributed by atoms with Crippen molar-refractivity contribution in [3.63, 3.8) is 0 Å². The number of anilines is 1. The van der Waals surface area contributed by atoms with Crippen LogP contribution < -0.4 is 10.2 Å². The smallest absolute Gasteiger partial charge is 0.335 e. The SMILES string of the molecule is Cc1ccccc1N1C(=O)NC(=O)C(=Cc2cccn2C)C1=O. The fourth-order valence-electron chi connectivity index (χ4n) is 2.46. The van der Waals surface area contributed by atoms with Crippen molar-refractivity contribution in [2.45, 2.75) is 6.92 Å². The van der Waals surface area contributed by atoms with Gasteiger partial charge >= 0.3 is 6.03 Å². The van der Waals surface area contributed by atoms with Crippen LogP contribution >= 0.6 is 0 Å². The predicted octanol–water partition coefficient (Wildman–Crippen LogP) is 2.00. The van der Waals surface area contributed by atoms with Crippen LogP contribution in [0.4, 0.5) is 10.5 Å². The normalized spacial score (nSPS) is 16.9. The van der Waals surface area contributed by atoms with Gasteiger partial charge in [0.15, 0.2) is 0 Å². The highest BCUT2D eigenvalue weighted by atomic mass is 16.2. The number of imide groups is 2. The van der Waals surface area contributed by atoms with Gasteiger partial charge in [0.1, 0.15) is 5.57 Å². The Hall–Kier alpha value is -3.15. The van der Waals surface area contributed by atoms with Crippen molar-refractivity contribution in [3.05, 3.63) is 59.4 Å². The van der Waals surface area contributed by atoms with E-state index in [0.29, 0.717) is 11.4 Å². The van der Waals surface area contributed by atoms with Crippen molar-refractivity contribution in [2.24, 2.45) is 7.05 Å². The van der Waals surface area contributed by atoms with Crippen molar-refractivity contribution in [3.8, 4) is 0 Å². The molecule has 1 aliphatic heterocycles. The molecule has 0 saturated carbocycles. The van der Waals surface area contributed by atoms with Crippen LogP contribution in [0.3, 0.4) is 0 Å². The summed E-state index contributed by atoms with van der Waals surface area (Å²) in [5.41, 5.74) is 1.85. The lowest BCUT2D eigenvalue weighted by Gasteiger charge is -2.27. The number of urea groups is 1. The molecule has 0 unspecified atom stereocenters. The van der Waals surface area contributed by atoms with Gasteiger partial charge < -0.3 is 4.57 Å². The minimum absolute atomic E-state index is 0.0744. The number of barbiturate groups is 1. The Kier molecular flexibility index (Phi) is 3.57. The molecule has 116 valence electrons. The number of benzene rings is 1. The Morgan fingerprint density at radius 1 is 1.04 bits per heavy atom. The minimum Gasteiger partial charge on any atom is -0.351 e. The molecule has 1 fully saturated rings. The number of carbonyl (C=O) groups excluding carboxylic acids is 3. The summed E-state index contributed by atoms with van der Waals surface area (Å²) in [7, 11) is 1.81. The molecule has 0 spiro atoms. The summed E-state index contributed by atoms with van der Waals surface area (Å²) in [6, 6.07) is 9.87. The highest BCUT2D eigenvalue weighted by Gasteiger charge is 2.37. The van der Waals surface area contributed by atoms with Crippen LogP contribution in [0.5, 0.6) is 0 Å². The van der Waals surface area contributed by atoms with Crippen LogP contribution in [0.25, 0.3) is 6.08 Å². The second kappa shape index (κ2) is 5.57. The van der Waals surface area contributed by atoms with Crippen molar-refractivity contribution < 1.29 is 14.4 Å². The number of nitrogens with one attached hydrogen (secondary N) is 1. The third kappa shape index (κ3) is 2.55. The molecule has 2 aromatic rings. The standard InChI is InChI=1S/C17H15N3O3/c1-11-6-3-4-8-14(11)20-16(22)13(15(21)18-17(20)23)10-12-7-5-9-19(12)2/h3-10H,1-2H3,(H,18,21,23). The van der Waals surface area contributed by atoms with E-state index in [4.69, 9.17) is 0 Å². The van der Waals surface area contributed by atoms with Crippen LogP contribution in [-0.4, -0.2) is 22.4 Å². The Bertz CT molecular complexity index is 848. The molecule has 6 heteroatoms. The van der Waals surface area contributed by atoms with Gasteiger partial charge in [0, 0.05) is 18.9 Å². The summed E-state index contributed by atoms with van der Waals surface area (Å²) < 4.78 is 1.78. The van der Waals surface area contributed by atoms with Gasteiger partial charge in [-0.3, -0.25) is 14.9 Å². The summed E-state index contributed by atoms with van der Waals surface area (Å²) in [4.78, 5) is 37.9. The molecule has 1 N–H and O–H groups in total. The number of hydrogen-bond donors (Lipinski definition) is 1. The highest BCUT2D eigenvalue weighted by Crippen LogP contribution is 2.24. The van der Waals surface area contributed by atoms with Gasteiger partial charge in [-0.1, -0.05) is 18.2 Å². The van der Waals surface area contributed by atoms with Gasteiger partial charge in [-0.25, -0.2) is 9.69 Å². The second-order valence-electron chi connectivity index (χ2n) is 5.29. The maximum absolute atomic E-state index is 12.7. The molecular formula is C17H15N3O3. The lowest BCUT2D eigenvalue weighted by atomic mass is 10.1. The zero-order chi connectivity index (χ0) is 16.6. The fraction of sp³-hybridized carbons (Fsp3) is 0.118. The molecule has 4 amide bonds. The lowest BCUT2D eigenvalue weighted by molar-refractivity contribution is -0.122. The third-order valence-corrected chi connectivity index (χ3v) is 3.73. The van der Waals surface area contributed by atoms with Gasteiger partial charge in [0.25, 0.3) is 11.8 Å². The monoisotopic (exact) mass is 309 g/mol. The van der Waals surface area contributed by atoms with Crippen molar-refractivity contribution in [1.82, 2.24) is 9.88 Å². The average molecular weight is 309 g/mol. The van der Waals surface area contributed by atoms with E-state index in [9.17, 15) is 14.4 Å². The lowest BCUT2D eigenvalue weighted by Crippen LogP contribution is -2.54. The predicted molar refractivity (Wildman–Crippen MR) is 85.6 cm³/mol. The van der Waals surface area contributed by atoms with Gasteiger partial charge in [-0.2, -0.15) is 0 Å². The molecule has 1 aromatic carbocycles. The van der Waals surface area contributed by atoms with E-state index in [0.717, 1.165) is 10.5 Å². The summed E-state index contributed by atoms with van der Waals surface area (Å²) in [6.07, 6.45) is 3.29. The molecule has 1 aliphatic rings. The summed E-state index contributed by atoms with van der Waals surface area (Å²) >= 11 is 0. The van der Waals surface area contributed by atoms with E-state index in [1.54, 1.807) is 35.8 Å². The number of hydrogen-bond acceptors (Lipinski definition) is 3. The van der Waals surface area contributed by atoms with Crippen molar-refractivity contribution in [1.29, 1.82) is 0 Å². The number of rotatable bonds is 2. The molecule has 1 aromatic heterocycles. The molecule has 1 saturated heterocycles. The molecular weight excluding hydrogens is 294 g/mol. The largest absolute Gasteiger partial charge is 0.351 e. The first-order valence-electron chi connectivity index (χ1n) is 7.07. The topological polar surface area (TPSA) is 71.4 Å². The van der Waals surface area contributed by atoms with Gasteiger partial charge in [-0.05, 0) is 36.8 Å². The first-order chi connectivity index (χ1) is 11.0. The van der Waals surface area contributed by atoms with Crippen LogP contribution in [0.1, 0.15) is 11.3 Å². The molecule has 6 nitrogen and oxygen atoms in total. The van der Waals surface area contributed by atoms with E-state index >= 15 is 0 Å². The minimum atomic E-state index is -0.738. The number of aromatic nitrogens is 1. The number of amides is 4. The van der Waals surface area contributed by atoms with Gasteiger partial charge in [-0.15, -0.1) is 0 Å². The molecule has 3 rings (SSSR count). The molecule has 23 heavy (non-hydrogen) atoms. The molecule has 0 aliphatic carbocycles. The Morgan fingerprint density at radius 3 is 2.43 bits per heavy atom. The van der Waals surface area contributed by atoms with Crippen LogP contribution in [0.15, 0.2) is 48.2 Å². The maximum atomic E-state index is 12.7. The van der Waals surface area contributed by atoms with Crippen molar-refractivity contribution >= 4 is 29.6 Å². The number of carbonyl (C=O) groups is 3. The zero-order valence-corrected chi connectivity index (χ0v) is 12.7. The Balaban J connectivity index is 2.07.